The van der Waals surface area contributed by atoms with E-state index in [2.05, 4.69) is 84.9 Å². The van der Waals surface area contributed by atoms with E-state index in [1.165, 1.54) is 105 Å². The average Bonchev–Trinajstić information content (AvgIpc) is 3.89. The van der Waals surface area contributed by atoms with E-state index in [0.717, 1.165) is 20.9 Å². The van der Waals surface area contributed by atoms with Crippen molar-refractivity contribution in [3.8, 4) is 40.4 Å². The van der Waals surface area contributed by atoms with Crippen molar-refractivity contribution in [3.63, 3.8) is 0 Å². The lowest BCUT2D eigenvalue weighted by molar-refractivity contribution is 0.657. The van der Waals surface area contributed by atoms with Crippen LogP contribution in [-0.2, 0) is 0 Å². The maximum atomic E-state index is 13.6. The van der Waals surface area contributed by atoms with Gasteiger partial charge in [-0.3, -0.25) is 0 Å². The van der Waals surface area contributed by atoms with Gasteiger partial charge in [-0.2, -0.15) is 8.78 Å². The minimum Gasteiger partial charge on any atom is -0.195 e. The molecule has 10 aromatic rings. The third-order valence-electron chi connectivity index (χ3n) is 8.35. The Morgan fingerprint density at radius 3 is 1.07 bits per heavy atom. The zero-order valence-electron chi connectivity index (χ0n) is 23.6. The largest absolute Gasteiger partial charge is 0.195 e. The highest BCUT2D eigenvalue weighted by Crippen LogP contribution is 2.45. The number of benzene rings is 4. The van der Waals surface area contributed by atoms with E-state index in [0.29, 0.717) is 0 Å². The molecule has 0 fully saturated rings. The van der Waals surface area contributed by atoms with Gasteiger partial charge < -0.3 is 0 Å². The first-order valence-corrected chi connectivity index (χ1v) is 19.4. The molecule has 220 valence electrons. The molecule has 8 heteroatoms. The summed E-state index contributed by atoms with van der Waals surface area (Å²) in [6, 6.07) is 38.1. The summed E-state index contributed by atoms with van der Waals surface area (Å²) in [5.74, 6) is 0. The van der Waals surface area contributed by atoms with E-state index in [1.54, 1.807) is 22.7 Å². The quantitative estimate of drug-likeness (QED) is 0.171. The van der Waals surface area contributed by atoms with Crippen molar-refractivity contribution in [1.29, 1.82) is 0 Å². The van der Waals surface area contributed by atoms with Gasteiger partial charge in [-0.1, -0.05) is 24.3 Å². The molecule has 0 unspecified atom stereocenters. The molecule has 0 radical (unpaired) electrons. The molecule has 0 aliphatic heterocycles. The van der Waals surface area contributed by atoms with Crippen LogP contribution in [0.25, 0.3) is 91.5 Å². The fourth-order valence-corrected chi connectivity index (χ4v) is 12.1. The van der Waals surface area contributed by atoms with E-state index < -0.39 is 0 Å². The Morgan fingerprint density at radius 2 is 0.674 bits per heavy atom. The van der Waals surface area contributed by atoms with Gasteiger partial charge in [-0.05, 0) is 128 Å². The summed E-state index contributed by atoms with van der Waals surface area (Å²) in [7, 11) is 0. The summed E-state index contributed by atoms with van der Waals surface area (Å²) in [5, 5.41) is 7.17. The van der Waals surface area contributed by atoms with Crippen LogP contribution in [-0.4, -0.2) is 0 Å². The van der Waals surface area contributed by atoms with Crippen molar-refractivity contribution < 1.29 is 8.78 Å². The van der Waals surface area contributed by atoms with Gasteiger partial charge in [0.25, 0.3) is 0 Å². The summed E-state index contributed by atoms with van der Waals surface area (Å²) in [5.41, 5.74) is 2.13. The van der Waals surface area contributed by atoms with Gasteiger partial charge in [0.15, 0.2) is 10.3 Å². The van der Waals surface area contributed by atoms with Crippen molar-refractivity contribution in [2.75, 3.05) is 0 Å². The molecule has 6 aromatic heterocycles. The second kappa shape index (κ2) is 10.4. The number of hydrogen-bond acceptors (Lipinski definition) is 6. The first-order chi connectivity index (χ1) is 22.5. The van der Waals surface area contributed by atoms with Crippen LogP contribution in [0.4, 0.5) is 8.78 Å². The summed E-state index contributed by atoms with van der Waals surface area (Å²) in [4.78, 5) is 6.99. The summed E-state index contributed by atoms with van der Waals surface area (Å²) in [6.07, 6.45) is 0. The average molecular weight is 705 g/mol. The molecule has 0 N–H and O–H groups in total. The van der Waals surface area contributed by atoms with E-state index in [1.807, 2.05) is 34.8 Å². The zero-order chi connectivity index (χ0) is 30.5. The molecular formula is C38H18F2S6. The van der Waals surface area contributed by atoms with Gasteiger partial charge in [-0.25, -0.2) is 0 Å². The van der Waals surface area contributed by atoms with E-state index >= 15 is 0 Å². The van der Waals surface area contributed by atoms with Crippen LogP contribution in [0.5, 0.6) is 0 Å². The molecule has 4 aromatic carbocycles. The molecular weight excluding hydrogens is 687 g/mol. The molecule has 46 heavy (non-hydrogen) atoms. The predicted molar refractivity (Wildman–Crippen MR) is 203 cm³/mol. The highest BCUT2D eigenvalue weighted by atomic mass is 32.1. The highest BCUT2D eigenvalue weighted by molar-refractivity contribution is 7.29. The Kier molecular flexibility index (Phi) is 6.17. The van der Waals surface area contributed by atoms with Crippen molar-refractivity contribution in [2.24, 2.45) is 0 Å². The lowest BCUT2D eigenvalue weighted by Gasteiger charge is -1.99. The maximum absolute atomic E-state index is 13.6. The number of fused-ring (bicyclic) bond motifs is 5. The third kappa shape index (κ3) is 4.59. The third-order valence-corrected chi connectivity index (χ3v) is 15.0. The van der Waals surface area contributed by atoms with E-state index in [9.17, 15) is 8.78 Å². The van der Waals surface area contributed by atoms with Gasteiger partial charge in [0, 0.05) is 48.1 Å². The normalized spacial score (nSPS) is 12.1. The fourth-order valence-electron chi connectivity index (χ4n) is 6.12. The fraction of sp³-hybridized carbons (Fsp3) is 0. The van der Waals surface area contributed by atoms with Crippen molar-refractivity contribution in [1.82, 2.24) is 0 Å². The summed E-state index contributed by atoms with van der Waals surface area (Å²) in [6.45, 7) is 0. The Labute approximate surface area is 285 Å². The molecule has 0 atom stereocenters. The molecule has 0 saturated carbocycles. The van der Waals surface area contributed by atoms with Gasteiger partial charge >= 0.3 is 0 Å². The summed E-state index contributed by atoms with van der Waals surface area (Å²) >= 11 is 9.66. The van der Waals surface area contributed by atoms with Gasteiger partial charge in [0.1, 0.15) is 0 Å². The predicted octanol–water partition coefficient (Wildman–Crippen LogP) is 14.8. The van der Waals surface area contributed by atoms with Gasteiger partial charge in [0.05, 0.1) is 0 Å². The van der Waals surface area contributed by atoms with Crippen molar-refractivity contribution in [2.45, 2.75) is 0 Å². The van der Waals surface area contributed by atoms with Crippen molar-refractivity contribution >= 4 is 119 Å². The monoisotopic (exact) mass is 704 g/mol. The minimum atomic E-state index is -0.153. The van der Waals surface area contributed by atoms with Crippen LogP contribution < -0.4 is 0 Å². The number of thiophene rings is 6. The standard InChI is InChI=1S/C38H18F2S6/c39-37-7-5-27(45-37)19-1-3-21-13-33(41-29(21)11-19)35-17-25-9-23-16-32-26(10-24(23)15-31(25)43-35)18-36(44-32)34-14-22-4-2-20(12-30(22)42-34)28-6-8-38(40)46-28/h1-18H. The molecule has 0 nitrogen and oxygen atoms in total. The Balaban J connectivity index is 0.994. The molecule has 0 amide bonds. The second-order valence-corrected chi connectivity index (χ2v) is 17.7. The van der Waals surface area contributed by atoms with Crippen LogP contribution in [0.1, 0.15) is 0 Å². The molecule has 0 saturated heterocycles. The number of halogens is 2. The van der Waals surface area contributed by atoms with Crippen LogP contribution >= 0.6 is 68.0 Å². The molecule has 0 aliphatic carbocycles. The Morgan fingerprint density at radius 1 is 0.283 bits per heavy atom. The highest BCUT2D eigenvalue weighted by Gasteiger charge is 2.14. The number of rotatable bonds is 4. The Hall–Kier alpha value is -3.76. The lowest BCUT2D eigenvalue weighted by atomic mass is 10.1. The molecule has 0 bridgehead atoms. The van der Waals surface area contributed by atoms with Gasteiger partial charge in [0.2, 0.25) is 0 Å². The van der Waals surface area contributed by atoms with Crippen LogP contribution in [0.15, 0.2) is 109 Å². The molecule has 0 spiro atoms. The summed E-state index contributed by atoms with van der Waals surface area (Å²) < 4.78 is 32.2. The van der Waals surface area contributed by atoms with Crippen LogP contribution in [0.2, 0.25) is 0 Å². The SMILES string of the molecule is Fc1ccc(-c2ccc3cc(-c4cc5cc6cc7sc(-c8cc9ccc(-c%10ccc(F)s%10)cc9s8)cc7cc6cc5s4)sc3c2)s1. The Bertz CT molecular complexity index is 2540. The topological polar surface area (TPSA) is 0 Å². The van der Waals surface area contributed by atoms with Crippen molar-refractivity contribution in [3.05, 3.63) is 119 Å². The maximum Gasteiger partial charge on any atom is 0.176 e. The molecule has 6 heterocycles. The smallest absolute Gasteiger partial charge is 0.176 e. The molecule has 0 aliphatic rings. The minimum absolute atomic E-state index is 0.153. The van der Waals surface area contributed by atoms with Crippen LogP contribution in [0.3, 0.4) is 0 Å². The lowest BCUT2D eigenvalue weighted by Crippen LogP contribution is -1.72. The number of hydrogen-bond donors (Lipinski definition) is 0. The first kappa shape index (κ1) is 27.4. The van der Waals surface area contributed by atoms with E-state index in [4.69, 9.17) is 0 Å². The van der Waals surface area contributed by atoms with Crippen LogP contribution in [0, 0.1) is 10.3 Å². The van der Waals surface area contributed by atoms with Gasteiger partial charge in [-0.15, -0.1) is 68.0 Å². The zero-order valence-corrected chi connectivity index (χ0v) is 28.5. The first-order valence-electron chi connectivity index (χ1n) is 14.5. The van der Waals surface area contributed by atoms with E-state index in [-0.39, 0.29) is 10.3 Å². The molecule has 10 rings (SSSR count). The second-order valence-electron chi connectivity index (χ2n) is 11.3.